The minimum absolute atomic E-state index is 0.667. The zero-order chi connectivity index (χ0) is 22.5. The van der Waals surface area contributed by atoms with Gasteiger partial charge in [-0.2, -0.15) is 10.2 Å². The summed E-state index contributed by atoms with van der Waals surface area (Å²) in [7, 11) is 5.93. The number of fused-ring (bicyclic) bond motifs is 3. The van der Waals surface area contributed by atoms with Gasteiger partial charge in [0.2, 0.25) is 0 Å². The fourth-order valence-corrected chi connectivity index (χ4v) is 4.69. The van der Waals surface area contributed by atoms with Crippen molar-refractivity contribution >= 4 is 0 Å². The minimum Gasteiger partial charge on any atom is -0.350 e. The molecule has 5 aromatic rings. The Kier molecular flexibility index (Phi) is 4.46. The zero-order valence-corrected chi connectivity index (χ0v) is 18.9. The van der Waals surface area contributed by atoms with Gasteiger partial charge in [-0.15, -0.1) is 0 Å². The Hall–Kier alpha value is -4.07. The highest BCUT2D eigenvalue weighted by atomic mass is 15.2. The van der Waals surface area contributed by atoms with Crippen molar-refractivity contribution in [3.8, 4) is 33.8 Å². The lowest BCUT2D eigenvalue weighted by Gasteiger charge is -2.18. The van der Waals surface area contributed by atoms with Gasteiger partial charge < -0.3 is 4.57 Å². The maximum Gasteiger partial charge on any atom is 0.133 e. The number of aryl methyl sites for hydroxylation is 5. The van der Waals surface area contributed by atoms with Gasteiger partial charge in [-0.1, -0.05) is 0 Å². The molecule has 164 valence electrons. The molecule has 0 radical (unpaired) electrons. The summed E-state index contributed by atoms with van der Waals surface area (Å²) in [5.41, 5.74) is 10.0. The molecule has 0 amide bonds. The van der Waals surface area contributed by atoms with E-state index in [0.717, 1.165) is 52.4 Å². The Labute approximate surface area is 191 Å². The Morgan fingerprint density at radius 1 is 0.788 bits per heavy atom. The highest BCUT2D eigenvalue weighted by molar-refractivity contribution is 5.85. The van der Waals surface area contributed by atoms with Crippen LogP contribution in [-0.2, 0) is 40.4 Å². The molecule has 0 spiro atoms. The molecule has 0 aliphatic heterocycles. The third-order valence-corrected chi connectivity index (χ3v) is 6.23. The van der Waals surface area contributed by atoms with Crippen LogP contribution in [0.4, 0.5) is 0 Å². The van der Waals surface area contributed by atoms with E-state index in [9.17, 15) is 0 Å². The maximum absolute atomic E-state index is 5.03. The van der Waals surface area contributed by atoms with E-state index in [1.807, 2.05) is 56.0 Å². The summed E-state index contributed by atoms with van der Waals surface area (Å²) in [6.45, 7) is 0. The molecular formula is C25H24N8. The molecule has 0 fully saturated rings. The molecule has 0 bridgehead atoms. The third-order valence-electron chi connectivity index (χ3n) is 6.23. The molecule has 5 aromatic heterocycles. The fourth-order valence-electron chi connectivity index (χ4n) is 4.69. The van der Waals surface area contributed by atoms with Crippen LogP contribution >= 0.6 is 0 Å². The highest BCUT2D eigenvalue weighted by Crippen LogP contribution is 2.40. The molecule has 1 aliphatic carbocycles. The Balaban J connectivity index is 1.41. The van der Waals surface area contributed by atoms with Crippen LogP contribution in [0.3, 0.4) is 0 Å². The molecule has 8 heteroatoms. The van der Waals surface area contributed by atoms with Crippen LogP contribution in [0.25, 0.3) is 33.8 Å². The number of pyridine rings is 1. The molecule has 0 aromatic carbocycles. The van der Waals surface area contributed by atoms with Gasteiger partial charge in [0.1, 0.15) is 5.82 Å². The number of hydrogen-bond acceptors (Lipinski definition) is 5. The van der Waals surface area contributed by atoms with Gasteiger partial charge in [0.05, 0.1) is 29.5 Å². The molecule has 0 saturated carbocycles. The van der Waals surface area contributed by atoms with E-state index in [-0.39, 0.29) is 0 Å². The second-order valence-electron chi connectivity index (χ2n) is 8.68. The normalized spacial score (nSPS) is 12.6. The maximum atomic E-state index is 5.03. The van der Waals surface area contributed by atoms with Gasteiger partial charge in [0.25, 0.3) is 0 Å². The predicted molar refractivity (Wildman–Crippen MR) is 125 cm³/mol. The summed E-state index contributed by atoms with van der Waals surface area (Å²) < 4.78 is 5.80. The zero-order valence-electron chi connectivity index (χ0n) is 18.9. The van der Waals surface area contributed by atoms with Crippen molar-refractivity contribution in [3.05, 3.63) is 78.0 Å². The standard InChI is InChI=1S/C25H24N8/c1-31-14-19-5-4-17-10-27-22(8-16-9-28-32(2)13-16)30-24(17)23(19)25(31)18-6-7-21(26-11-18)20-12-29-33(3)15-20/h6-7,9-15H,4-5,8H2,1-3H3. The van der Waals surface area contributed by atoms with Gasteiger partial charge in [-0.25, -0.2) is 9.97 Å². The van der Waals surface area contributed by atoms with Crippen LogP contribution in [0, 0.1) is 0 Å². The van der Waals surface area contributed by atoms with Crippen molar-refractivity contribution in [2.45, 2.75) is 19.3 Å². The predicted octanol–water partition coefficient (Wildman–Crippen LogP) is 3.37. The number of nitrogens with zero attached hydrogens (tertiary/aromatic N) is 8. The van der Waals surface area contributed by atoms with Crippen molar-refractivity contribution < 1.29 is 0 Å². The summed E-state index contributed by atoms with van der Waals surface area (Å²) >= 11 is 0. The molecule has 1 aliphatic rings. The number of aromatic nitrogens is 8. The third kappa shape index (κ3) is 3.44. The molecule has 8 nitrogen and oxygen atoms in total. The van der Waals surface area contributed by atoms with Gasteiger partial charge >= 0.3 is 0 Å². The van der Waals surface area contributed by atoms with E-state index in [4.69, 9.17) is 9.97 Å². The summed E-state index contributed by atoms with van der Waals surface area (Å²) in [4.78, 5) is 14.4. The van der Waals surface area contributed by atoms with Gasteiger partial charge in [0, 0.05) is 75.2 Å². The van der Waals surface area contributed by atoms with E-state index in [1.165, 1.54) is 16.7 Å². The van der Waals surface area contributed by atoms with Crippen LogP contribution in [0.15, 0.2) is 55.5 Å². The van der Waals surface area contributed by atoms with Crippen molar-refractivity contribution in [2.75, 3.05) is 0 Å². The summed E-state index contributed by atoms with van der Waals surface area (Å²) in [5, 5.41) is 8.52. The topological polar surface area (TPSA) is 79.2 Å². The second kappa shape index (κ2) is 7.51. The van der Waals surface area contributed by atoms with E-state index >= 15 is 0 Å². The van der Waals surface area contributed by atoms with Gasteiger partial charge in [0.15, 0.2) is 0 Å². The van der Waals surface area contributed by atoms with Crippen LogP contribution < -0.4 is 0 Å². The Morgan fingerprint density at radius 3 is 2.33 bits per heavy atom. The van der Waals surface area contributed by atoms with E-state index in [2.05, 4.69) is 45.1 Å². The number of rotatable bonds is 4. The molecule has 0 N–H and O–H groups in total. The smallest absolute Gasteiger partial charge is 0.133 e. The minimum atomic E-state index is 0.667. The largest absolute Gasteiger partial charge is 0.350 e. The molecule has 0 saturated heterocycles. The molecule has 0 unspecified atom stereocenters. The van der Waals surface area contributed by atoms with Crippen molar-refractivity contribution in [3.63, 3.8) is 0 Å². The quantitative estimate of drug-likeness (QED) is 0.432. The molecule has 5 heterocycles. The summed E-state index contributed by atoms with van der Waals surface area (Å²) in [6, 6.07) is 4.19. The van der Waals surface area contributed by atoms with Crippen molar-refractivity contribution in [2.24, 2.45) is 21.1 Å². The van der Waals surface area contributed by atoms with Gasteiger partial charge in [-0.05, 0) is 41.7 Å². The lowest BCUT2D eigenvalue weighted by Crippen LogP contribution is -2.08. The molecule has 0 atom stereocenters. The first kappa shape index (κ1) is 19.6. The lowest BCUT2D eigenvalue weighted by atomic mass is 9.90. The van der Waals surface area contributed by atoms with Crippen LogP contribution in [0.2, 0.25) is 0 Å². The van der Waals surface area contributed by atoms with Gasteiger partial charge in [-0.3, -0.25) is 14.3 Å². The molecular weight excluding hydrogens is 412 g/mol. The average molecular weight is 437 g/mol. The average Bonchev–Trinajstić information content (AvgIpc) is 3.52. The van der Waals surface area contributed by atoms with E-state index in [1.54, 1.807) is 4.68 Å². The van der Waals surface area contributed by atoms with E-state index in [0.29, 0.717) is 6.42 Å². The first-order valence-electron chi connectivity index (χ1n) is 11.0. The number of hydrogen-bond donors (Lipinski definition) is 0. The SMILES string of the molecule is Cn1cc(Cc2ncc3c(n2)-c2c(cn(C)c2-c2ccc(-c4cnn(C)c4)nc2)CC3)cn1. The summed E-state index contributed by atoms with van der Waals surface area (Å²) in [6.07, 6.45) is 16.5. The highest BCUT2D eigenvalue weighted by Gasteiger charge is 2.25. The van der Waals surface area contributed by atoms with Crippen LogP contribution in [-0.4, -0.2) is 39.1 Å². The first-order valence-corrected chi connectivity index (χ1v) is 11.0. The lowest BCUT2D eigenvalue weighted by molar-refractivity contribution is 0.767. The first-order chi connectivity index (χ1) is 16.0. The fraction of sp³-hybridized carbons (Fsp3) is 0.240. The van der Waals surface area contributed by atoms with Crippen molar-refractivity contribution in [1.29, 1.82) is 0 Å². The second-order valence-corrected chi connectivity index (χ2v) is 8.68. The molecule has 6 rings (SSSR count). The van der Waals surface area contributed by atoms with Crippen LogP contribution in [0.1, 0.15) is 22.5 Å². The Bertz CT molecular complexity index is 1470. The Morgan fingerprint density at radius 2 is 1.61 bits per heavy atom. The van der Waals surface area contributed by atoms with Crippen molar-refractivity contribution in [1.82, 2.24) is 39.1 Å². The van der Waals surface area contributed by atoms with Crippen LogP contribution in [0.5, 0.6) is 0 Å². The van der Waals surface area contributed by atoms with E-state index < -0.39 is 0 Å². The monoisotopic (exact) mass is 436 g/mol. The molecule has 33 heavy (non-hydrogen) atoms. The summed E-state index contributed by atoms with van der Waals surface area (Å²) in [5.74, 6) is 0.814.